The molecule has 0 saturated heterocycles. The van der Waals surface area contributed by atoms with Crippen molar-refractivity contribution in [1.82, 2.24) is 5.32 Å². The topological polar surface area (TPSA) is 58.6 Å². The number of hydrogen-bond acceptors (Lipinski definition) is 4. The summed E-state index contributed by atoms with van der Waals surface area (Å²) in [4.78, 5) is 11.9. The molecule has 1 fully saturated rings. The summed E-state index contributed by atoms with van der Waals surface area (Å²) in [5.74, 6) is 0.0950. The summed E-state index contributed by atoms with van der Waals surface area (Å²) in [7, 11) is 0. The molecule has 1 aromatic carbocycles. The Labute approximate surface area is 139 Å². The highest BCUT2D eigenvalue weighted by Gasteiger charge is 2.22. The Morgan fingerprint density at radius 2 is 1.96 bits per heavy atom. The Balaban J connectivity index is 1.58. The van der Waals surface area contributed by atoms with Crippen molar-refractivity contribution in [3.63, 3.8) is 0 Å². The van der Waals surface area contributed by atoms with Crippen molar-refractivity contribution < 1.29 is 14.6 Å². The van der Waals surface area contributed by atoms with Crippen LogP contribution in [0.25, 0.3) is 0 Å². The highest BCUT2D eigenvalue weighted by Crippen LogP contribution is 2.24. The molecular formula is C19H29NO3. The zero-order chi connectivity index (χ0) is 16.5. The van der Waals surface area contributed by atoms with Crippen LogP contribution < -0.4 is 5.32 Å². The molecule has 2 N–H and O–H groups in total. The second kappa shape index (κ2) is 9.68. The molecule has 1 saturated carbocycles. The summed E-state index contributed by atoms with van der Waals surface area (Å²) in [5.41, 5.74) is 0.913. The molecule has 4 heteroatoms. The Morgan fingerprint density at radius 1 is 1.26 bits per heavy atom. The maximum absolute atomic E-state index is 11.9. The highest BCUT2D eigenvalue weighted by atomic mass is 16.5. The number of aliphatic hydroxyl groups is 1. The van der Waals surface area contributed by atoms with Gasteiger partial charge in [-0.1, -0.05) is 49.6 Å². The molecule has 0 amide bonds. The van der Waals surface area contributed by atoms with Crippen LogP contribution in [0.15, 0.2) is 30.3 Å². The molecular weight excluding hydrogens is 290 g/mol. The number of carbonyl (C=O) groups is 1. The highest BCUT2D eigenvalue weighted by molar-refractivity contribution is 5.72. The van der Waals surface area contributed by atoms with Gasteiger partial charge in [0, 0.05) is 6.04 Å². The van der Waals surface area contributed by atoms with Crippen molar-refractivity contribution in [1.29, 1.82) is 0 Å². The molecule has 0 heterocycles. The van der Waals surface area contributed by atoms with Crippen LogP contribution in [0.4, 0.5) is 0 Å². The van der Waals surface area contributed by atoms with Gasteiger partial charge in [-0.2, -0.15) is 0 Å². The zero-order valence-electron chi connectivity index (χ0n) is 14.0. The summed E-state index contributed by atoms with van der Waals surface area (Å²) >= 11 is 0. The fraction of sp³-hybridized carbons (Fsp3) is 0.632. The van der Waals surface area contributed by atoms with E-state index in [1.807, 2.05) is 37.3 Å². The van der Waals surface area contributed by atoms with E-state index in [0.717, 1.165) is 44.2 Å². The fourth-order valence-electron chi connectivity index (χ4n) is 3.08. The SMILES string of the molecule is CC(NCCCOC(=O)C1CCCCC1)C(O)c1ccccc1. The van der Waals surface area contributed by atoms with Gasteiger partial charge >= 0.3 is 5.97 Å². The summed E-state index contributed by atoms with van der Waals surface area (Å²) < 4.78 is 5.37. The molecule has 1 aliphatic carbocycles. The molecule has 0 bridgehead atoms. The molecule has 2 atom stereocenters. The van der Waals surface area contributed by atoms with Gasteiger partial charge in [0.2, 0.25) is 0 Å². The minimum atomic E-state index is -0.527. The molecule has 0 radical (unpaired) electrons. The van der Waals surface area contributed by atoms with Crippen LogP contribution in [-0.2, 0) is 9.53 Å². The van der Waals surface area contributed by atoms with Gasteiger partial charge in [0.25, 0.3) is 0 Å². The first-order valence-corrected chi connectivity index (χ1v) is 8.81. The third kappa shape index (κ3) is 5.96. The lowest BCUT2D eigenvalue weighted by Crippen LogP contribution is -2.33. The first kappa shape index (κ1) is 18.0. The van der Waals surface area contributed by atoms with Crippen molar-refractivity contribution in [2.75, 3.05) is 13.2 Å². The van der Waals surface area contributed by atoms with Crippen LogP contribution in [0.2, 0.25) is 0 Å². The van der Waals surface area contributed by atoms with Crippen LogP contribution in [0.3, 0.4) is 0 Å². The van der Waals surface area contributed by atoms with Gasteiger partial charge in [-0.25, -0.2) is 0 Å². The molecule has 2 unspecified atom stereocenters. The number of esters is 1. The molecule has 0 aromatic heterocycles. The number of ether oxygens (including phenoxy) is 1. The van der Waals surface area contributed by atoms with E-state index in [9.17, 15) is 9.90 Å². The van der Waals surface area contributed by atoms with E-state index in [-0.39, 0.29) is 17.9 Å². The third-order valence-corrected chi connectivity index (χ3v) is 4.58. The van der Waals surface area contributed by atoms with Gasteiger partial charge < -0.3 is 15.2 Å². The number of aliphatic hydroxyl groups excluding tert-OH is 1. The average Bonchev–Trinajstić information content (AvgIpc) is 2.62. The lowest BCUT2D eigenvalue weighted by atomic mass is 9.89. The van der Waals surface area contributed by atoms with Crippen LogP contribution in [-0.4, -0.2) is 30.3 Å². The normalized spacial score (nSPS) is 18.3. The van der Waals surface area contributed by atoms with Gasteiger partial charge in [0.15, 0.2) is 0 Å². The minimum Gasteiger partial charge on any atom is -0.465 e. The Morgan fingerprint density at radius 3 is 2.65 bits per heavy atom. The van der Waals surface area contributed by atoms with E-state index in [1.54, 1.807) is 0 Å². The average molecular weight is 319 g/mol. The molecule has 1 aromatic rings. The van der Waals surface area contributed by atoms with Gasteiger partial charge in [-0.05, 0) is 38.3 Å². The molecule has 128 valence electrons. The summed E-state index contributed by atoms with van der Waals surface area (Å²) in [6.45, 7) is 3.14. The molecule has 1 aliphatic rings. The lowest BCUT2D eigenvalue weighted by molar-refractivity contribution is -0.149. The van der Waals surface area contributed by atoms with Gasteiger partial charge in [0.05, 0.1) is 18.6 Å². The lowest BCUT2D eigenvalue weighted by Gasteiger charge is -2.21. The van der Waals surface area contributed by atoms with Gasteiger partial charge in [-0.15, -0.1) is 0 Å². The van der Waals surface area contributed by atoms with Crippen LogP contribution >= 0.6 is 0 Å². The number of hydrogen-bond donors (Lipinski definition) is 2. The van der Waals surface area contributed by atoms with Crippen molar-refractivity contribution in [2.45, 2.75) is 57.6 Å². The van der Waals surface area contributed by atoms with Crippen molar-refractivity contribution in [3.8, 4) is 0 Å². The first-order chi connectivity index (χ1) is 11.2. The van der Waals surface area contributed by atoms with E-state index in [0.29, 0.717) is 6.61 Å². The van der Waals surface area contributed by atoms with E-state index in [1.165, 1.54) is 6.42 Å². The van der Waals surface area contributed by atoms with Crippen LogP contribution in [0.5, 0.6) is 0 Å². The maximum Gasteiger partial charge on any atom is 0.308 e. The van der Waals surface area contributed by atoms with E-state index in [2.05, 4.69) is 5.32 Å². The molecule has 0 aliphatic heterocycles. The predicted molar refractivity (Wildman–Crippen MR) is 91.0 cm³/mol. The number of rotatable bonds is 8. The standard InChI is InChI=1S/C19H29NO3/c1-15(18(21)16-9-4-2-5-10-16)20-13-8-14-23-19(22)17-11-6-3-7-12-17/h2,4-5,9-10,15,17-18,20-21H,3,6-8,11-14H2,1H3. The summed E-state index contributed by atoms with van der Waals surface area (Å²) in [6, 6.07) is 9.61. The largest absolute Gasteiger partial charge is 0.465 e. The molecule has 23 heavy (non-hydrogen) atoms. The Hall–Kier alpha value is -1.39. The van der Waals surface area contributed by atoms with Crippen molar-refractivity contribution >= 4 is 5.97 Å². The Bertz CT molecular complexity index is 457. The van der Waals surface area contributed by atoms with Crippen molar-refractivity contribution in [2.24, 2.45) is 5.92 Å². The minimum absolute atomic E-state index is 0.0259. The number of nitrogens with one attached hydrogen (secondary N) is 1. The number of carbonyl (C=O) groups excluding carboxylic acids is 1. The Kier molecular flexibility index (Phi) is 7.56. The maximum atomic E-state index is 11.9. The van der Waals surface area contributed by atoms with E-state index in [4.69, 9.17) is 4.74 Å². The third-order valence-electron chi connectivity index (χ3n) is 4.58. The zero-order valence-corrected chi connectivity index (χ0v) is 14.0. The van der Waals surface area contributed by atoms with E-state index < -0.39 is 6.10 Å². The smallest absolute Gasteiger partial charge is 0.308 e. The van der Waals surface area contributed by atoms with Gasteiger partial charge in [-0.3, -0.25) is 4.79 Å². The molecule has 4 nitrogen and oxygen atoms in total. The second-order valence-electron chi connectivity index (χ2n) is 6.45. The fourth-order valence-corrected chi connectivity index (χ4v) is 3.08. The van der Waals surface area contributed by atoms with Gasteiger partial charge in [0.1, 0.15) is 0 Å². The second-order valence-corrected chi connectivity index (χ2v) is 6.45. The molecule has 0 spiro atoms. The number of benzene rings is 1. The predicted octanol–water partition coefficient (Wildman–Crippen LogP) is 3.21. The van der Waals surface area contributed by atoms with Crippen LogP contribution in [0, 0.1) is 5.92 Å². The first-order valence-electron chi connectivity index (χ1n) is 8.81. The summed E-state index contributed by atoms with van der Waals surface area (Å²) in [5, 5.41) is 13.5. The molecule has 2 rings (SSSR count). The van der Waals surface area contributed by atoms with E-state index >= 15 is 0 Å². The van der Waals surface area contributed by atoms with Crippen LogP contribution in [0.1, 0.15) is 57.1 Å². The summed E-state index contributed by atoms with van der Waals surface area (Å²) in [6.07, 6.45) is 5.75. The quantitative estimate of drug-likeness (QED) is 0.570. The monoisotopic (exact) mass is 319 g/mol. The van der Waals surface area contributed by atoms with Crippen molar-refractivity contribution in [3.05, 3.63) is 35.9 Å².